The molecule has 2 aliphatic rings. The van der Waals surface area contributed by atoms with E-state index in [-0.39, 0.29) is 6.03 Å². The number of anilines is 1. The van der Waals surface area contributed by atoms with Crippen LogP contribution in [0, 0.1) is 26.2 Å². The Kier molecular flexibility index (Phi) is 4.25. The summed E-state index contributed by atoms with van der Waals surface area (Å²) in [6.07, 6.45) is 4.70. The minimum Gasteiger partial charge on any atom is -0.338 e. The predicted octanol–water partition coefficient (Wildman–Crippen LogP) is 4.79. The van der Waals surface area contributed by atoms with E-state index in [9.17, 15) is 4.79 Å². The van der Waals surface area contributed by atoms with Crippen molar-refractivity contribution in [1.82, 2.24) is 10.1 Å². The molecule has 1 saturated carbocycles. The quantitative estimate of drug-likeness (QED) is 0.844. The lowest BCUT2D eigenvalue weighted by molar-refractivity contribution is 0.0290. The van der Waals surface area contributed by atoms with Crippen molar-refractivity contribution in [3.05, 3.63) is 46.6 Å². The molecule has 1 aromatic carbocycles. The van der Waals surface area contributed by atoms with Crippen LogP contribution in [-0.2, 0) is 0 Å². The van der Waals surface area contributed by atoms with Crippen molar-refractivity contribution in [3.63, 3.8) is 0 Å². The van der Waals surface area contributed by atoms with Crippen molar-refractivity contribution in [2.75, 3.05) is 18.4 Å². The number of aryl methyl sites for hydroxylation is 2. The van der Waals surface area contributed by atoms with Gasteiger partial charge in [-0.2, -0.15) is 0 Å². The summed E-state index contributed by atoms with van der Waals surface area (Å²) in [4.78, 5) is 14.4. The first kappa shape index (κ1) is 17.1. The van der Waals surface area contributed by atoms with Gasteiger partial charge in [0.2, 0.25) is 5.88 Å². The summed E-state index contributed by atoms with van der Waals surface area (Å²) in [7, 11) is 0. The number of piperidine rings is 1. The fourth-order valence-corrected chi connectivity index (χ4v) is 4.45. The van der Waals surface area contributed by atoms with Gasteiger partial charge in [-0.3, -0.25) is 5.32 Å². The molecule has 26 heavy (non-hydrogen) atoms. The molecule has 2 amide bonds. The van der Waals surface area contributed by atoms with Gasteiger partial charge in [0.1, 0.15) is 0 Å². The van der Waals surface area contributed by atoms with Crippen molar-refractivity contribution in [3.8, 4) is 0 Å². The molecule has 0 bridgehead atoms. The highest BCUT2D eigenvalue weighted by atomic mass is 16.5. The van der Waals surface area contributed by atoms with Crippen LogP contribution in [0.5, 0.6) is 0 Å². The monoisotopic (exact) mass is 353 g/mol. The van der Waals surface area contributed by atoms with Crippen molar-refractivity contribution in [2.24, 2.45) is 5.41 Å². The van der Waals surface area contributed by atoms with Crippen molar-refractivity contribution in [2.45, 2.75) is 52.4 Å². The van der Waals surface area contributed by atoms with E-state index in [0.29, 0.717) is 17.2 Å². The van der Waals surface area contributed by atoms with Gasteiger partial charge >= 0.3 is 6.03 Å². The third-order valence-electron chi connectivity index (χ3n) is 6.36. The van der Waals surface area contributed by atoms with E-state index in [4.69, 9.17) is 4.52 Å². The first-order chi connectivity index (χ1) is 12.5. The van der Waals surface area contributed by atoms with Crippen LogP contribution < -0.4 is 5.32 Å². The van der Waals surface area contributed by atoms with E-state index in [0.717, 1.165) is 37.2 Å². The number of likely N-dealkylation sites (tertiary alicyclic amines) is 1. The van der Waals surface area contributed by atoms with Gasteiger partial charge in [-0.05, 0) is 63.4 Å². The Morgan fingerprint density at radius 2 is 1.96 bits per heavy atom. The third kappa shape index (κ3) is 3.11. The molecule has 1 spiro atoms. The van der Waals surface area contributed by atoms with Gasteiger partial charge in [-0.15, -0.1) is 0 Å². The van der Waals surface area contributed by atoms with Crippen LogP contribution in [0.4, 0.5) is 10.7 Å². The van der Waals surface area contributed by atoms with Gasteiger partial charge in [0.15, 0.2) is 0 Å². The van der Waals surface area contributed by atoms with Crippen molar-refractivity contribution in [1.29, 1.82) is 0 Å². The van der Waals surface area contributed by atoms with Gasteiger partial charge in [-0.1, -0.05) is 35.0 Å². The molecule has 2 fully saturated rings. The highest BCUT2D eigenvalue weighted by Gasteiger charge is 2.46. The fraction of sp³-hybridized carbons (Fsp3) is 0.524. The average molecular weight is 353 g/mol. The van der Waals surface area contributed by atoms with E-state index in [1.54, 1.807) is 0 Å². The lowest BCUT2D eigenvalue weighted by Gasteiger charge is -2.52. The first-order valence-electron chi connectivity index (χ1n) is 9.51. The number of nitrogens with zero attached hydrogens (tertiary/aromatic N) is 2. The van der Waals surface area contributed by atoms with Gasteiger partial charge < -0.3 is 9.42 Å². The second kappa shape index (κ2) is 6.45. The number of rotatable bonds is 2. The lowest BCUT2D eigenvalue weighted by atomic mass is 9.56. The number of nitrogens with one attached hydrogen (secondary N) is 1. The molecule has 0 unspecified atom stereocenters. The summed E-state index contributed by atoms with van der Waals surface area (Å²) < 4.78 is 5.19. The van der Waals surface area contributed by atoms with Crippen LogP contribution in [0.3, 0.4) is 0 Å². The summed E-state index contributed by atoms with van der Waals surface area (Å²) in [5.41, 5.74) is 4.96. The minimum absolute atomic E-state index is 0.0753. The molecular weight excluding hydrogens is 326 g/mol. The summed E-state index contributed by atoms with van der Waals surface area (Å²) in [5, 5.41) is 6.76. The molecule has 0 radical (unpaired) electrons. The Labute approximate surface area is 154 Å². The molecule has 5 nitrogen and oxygen atoms in total. The topological polar surface area (TPSA) is 58.4 Å². The van der Waals surface area contributed by atoms with Crippen LogP contribution in [0.15, 0.2) is 28.8 Å². The number of urea groups is 1. The third-order valence-corrected chi connectivity index (χ3v) is 6.36. The smallest absolute Gasteiger partial charge is 0.324 e. The zero-order valence-electron chi connectivity index (χ0n) is 15.8. The Balaban J connectivity index is 1.31. The molecule has 1 aliphatic carbocycles. The Hall–Kier alpha value is -2.30. The number of carbonyl (C=O) groups excluding carboxylic acids is 1. The van der Waals surface area contributed by atoms with Gasteiger partial charge in [0.25, 0.3) is 0 Å². The van der Waals surface area contributed by atoms with E-state index in [2.05, 4.69) is 41.7 Å². The number of hydrogen-bond acceptors (Lipinski definition) is 3. The number of hydrogen-bond donors (Lipinski definition) is 1. The molecule has 1 aliphatic heterocycles. The maximum atomic E-state index is 12.5. The summed E-state index contributed by atoms with van der Waals surface area (Å²) >= 11 is 0. The van der Waals surface area contributed by atoms with Gasteiger partial charge in [0.05, 0.1) is 5.69 Å². The van der Waals surface area contributed by atoms with Crippen molar-refractivity contribution >= 4 is 11.9 Å². The number of benzene rings is 1. The molecular formula is C21H27N3O2. The maximum Gasteiger partial charge on any atom is 0.324 e. The molecule has 0 atom stereocenters. The van der Waals surface area contributed by atoms with E-state index < -0.39 is 0 Å². The molecule has 1 saturated heterocycles. The van der Waals surface area contributed by atoms with Crippen LogP contribution in [0.1, 0.15) is 54.0 Å². The zero-order chi connectivity index (χ0) is 18.3. The van der Waals surface area contributed by atoms with Crippen LogP contribution in [-0.4, -0.2) is 29.2 Å². The number of aromatic nitrogens is 1. The molecule has 4 rings (SSSR count). The van der Waals surface area contributed by atoms with Gasteiger partial charge in [0, 0.05) is 18.7 Å². The molecule has 138 valence electrons. The van der Waals surface area contributed by atoms with Crippen LogP contribution in [0.25, 0.3) is 0 Å². The SMILES string of the molecule is Cc1cccc(C2CC3(CCN(C(=O)Nc4onc(C)c4C)CC3)C2)c1. The lowest BCUT2D eigenvalue weighted by Crippen LogP contribution is -2.49. The fourth-order valence-electron chi connectivity index (χ4n) is 4.45. The normalized spacial score (nSPS) is 19.4. The van der Waals surface area contributed by atoms with Crippen LogP contribution in [0.2, 0.25) is 0 Å². The van der Waals surface area contributed by atoms with Crippen molar-refractivity contribution < 1.29 is 9.32 Å². The van der Waals surface area contributed by atoms with E-state index in [1.165, 1.54) is 24.0 Å². The highest BCUT2D eigenvalue weighted by molar-refractivity contribution is 5.88. The summed E-state index contributed by atoms with van der Waals surface area (Å²) in [6, 6.07) is 8.83. The second-order valence-corrected chi connectivity index (χ2v) is 8.16. The largest absolute Gasteiger partial charge is 0.338 e. The minimum atomic E-state index is -0.0753. The molecule has 2 heterocycles. The van der Waals surface area contributed by atoms with E-state index >= 15 is 0 Å². The Morgan fingerprint density at radius 3 is 2.58 bits per heavy atom. The zero-order valence-corrected chi connectivity index (χ0v) is 15.8. The average Bonchev–Trinajstić information content (AvgIpc) is 2.92. The highest BCUT2D eigenvalue weighted by Crippen LogP contribution is 2.56. The summed E-state index contributed by atoms with van der Waals surface area (Å²) in [6.45, 7) is 7.58. The molecule has 1 N–H and O–H groups in total. The molecule has 2 aromatic rings. The Morgan fingerprint density at radius 1 is 1.23 bits per heavy atom. The Bertz CT molecular complexity index is 810. The first-order valence-corrected chi connectivity index (χ1v) is 9.51. The van der Waals surface area contributed by atoms with E-state index in [1.807, 2.05) is 18.7 Å². The van der Waals surface area contributed by atoms with Gasteiger partial charge in [-0.25, -0.2) is 4.79 Å². The number of carbonyl (C=O) groups is 1. The second-order valence-electron chi connectivity index (χ2n) is 8.16. The standard InChI is InChI=1S/C21H27N3O2/c1-14-5-4-6-17(11-14)18-12-21(13-18)7-9-24(10-8-21)20(25)22-19-15(2)16(3)23-26-19/h4-6,11,18H,7-10,12-13H2,1-3H3,(H,22,25). The number of amides is 2. The maximum absolute atomic E-state index is 12.5. The predicted molar refractivity (Wildman–Crippen MR) is 101 cm³/mol. The summed E-state index contributed by atoms with van der Waals surface area (Å²) in [5.74, 6) is 1.16. The molecule has 5 heteroatoms. The van der Waals surface area contributed by atoms with Crippen LogP contribution >= 0.6 is 0 Å². The molecule has 1 aromatic heterocycles.